The Kier molecular flexibility index (Phi) is 5.66. The van der Waals surface area contributed by atoms with E-state index in [9.17, 15) is 4.79 Å². The van der Waals surface area contributed by atoms with Crippen molar-refractivity contribution >= 4 is 28.2 Å². The van der Waals surface area contributed by atoms with E-state index in [4.69, 9.17) is 0 Å². The molecule has 4 rings (SSSR count). The molecule has 2 fully saturated rings. The summed E-state index contributed by atoms with van der Waals surface area (Å²) < 4.78 is 0. The molecule has 1 N–H and O–H groups in total. The zero-order valence-electron chi connectivity index (χ0n) is 15.9. The van der Waals surface area contributed by atoms with Crippen LogP contribution in [0.25, 0.3) is 0 Å². The maximum atomic E-state index is 12.9. The van der Waals surface area contributed by atoms with Crippen LogP contribution in [0.3, 0.4) is 0 Å². The fraction of sp³-hybridized carbons (Fsp3) is 0.600. The standard InChI is InChI=1S/C20H27N5OS/c1-14-11-21-20(27-14)24-18-10-17(22-13-23-18)16-8-5-9-25(12-16)19(26)15-6-3-2-4-7-15/h10-11,13,15-16H,2-9,12H2,1H3,(H,21,22,23,24)/t16-/m1/s1. The minimum Gasteiger partial charge on any atom is -0.342 e. The molecule has 7 heteroatoms. The smallest absolute Gasteiger partial charge is 0.225 e. The first-order valence-corrected chi connectivity index (χ1v) is 10.8. The van der Waals surface area contributed by atoms with E-state index in [1.165, 1.54) is 19.3 Å². The highest BCUT2D eigenvalue weighted by Crippen LogP contribution is 2.31. The summed E-state index contributed by atoms with van der Waals surface area (Å²) in [5.74, 6) is 1.66. The Bertz CT molecular complexity index is 786. The van der Waals surface area contributed by atoms with Crippen molar-refractivity contribution in [2.24, 2.45) is 5.92 Å². The molecule has 2 aliphatic rings. The number of nitrogens with zero attached hydrogens (tertiary/aromatic N) is 4. The van der Waals surface area contributed by atoms with Crippen molar-refractivity contribution in [1.29, 1.82) is 0 Å². The van der Waals surface area contributed by atoms with Crippen molar-refractivity contribution in [1.82, 2.24) is 19.9 Å². The van der Waals surface area contributed by atoms with Crippen molar-refractivity contribution in [3.05, 3.63) is 29.2 Å². The van der Waals surface area contributed by atoms with E-state index in [1.807, 2.05) is 19.2 Å². The summed E-state index contributed by atoms with van der Waals surface area (Å²) in [5, 5.41) is 4.11. The molecule has 3 heterocycles. The molecule has 2 aromatic heterocycles. The van der Waals surface area contributed by atoms with Crippen LogP contribution in [0, 0.1) is 12.8 Å². The van der Waals surface area contributed by atoms with E-state index < -0.39 is 0 Å². The Balaban J connectivity index is 1.43. The number of rotatable bonds is 4. The summed E-state index contributed by atoms with van der Waals surface area (Å²) in [7, 11) is 0. The Morgan fingerprint density at radius 3 is 2.78 bits per heavy atom. The maximum absolute atomic E-state index is 12.9. The van der Waals surface area contributed by atoms with Gasteiger partial charge in [-0.3, -0.25) is 4.79 Å². The molecule has 0 bridgehead atoms. The number of anilines is 2. The highest BCUT2D eigenvalue weighted by molar-refractivity contribution is 7.15. The van der Waals surface area contributed by atoms with Crippen LogP contribution in [0.1, 0.15) is 61.4 Å². The first kappa shape index (κ1) is 18.3. The topological polar surface area (TPSA) is 71.0 Å². The number of likely N-dealkylation sites (tertiary alicyclic amines) is 1. The number of aromatic nitrogens is 3. The van der Waals surface area contributed by atoms with Crippen LogP contribution >= 0.6 is 11.3 Å². The molecule has 1 saturated carbocycles. The lowest BCUT2D eigenvalue weighted by molar-refractivity contribution is -0.137. The van der Waals surface area contributed by atoms with Crippen LogP contribution in [-0.2, 0) is 4.79 Å². The van der Waals surface area contributed by atoms with Gasteiger partial charge >= 0.3 is 0 Å². The summed E-state index contributed by atoms with van der Waals surface area (Å²) in [6, 6.07) is 2.01. The summed E-state index contributed by atoms with van der Waals surface area (Å²) >= 11 is 1.61. The van der Waals surface area contributed by atoms with E-state index in [2.05, 4.69) is 25.2 Å². The quantitative estimate of drug-likeness (QED) is 0.851. The zero-order valence-corrected chi connectivity index (χ0v) is 16.7. The van der Waals surface area contributed by atoms with Crippen molar-refractivity contribution in [2.75, 3.05) is 18.4 Å². The number of hydrogen-bond acceptors (Lipinski definition) is 6. The first-order valence-electron chi connectivity index (χ1n) is 9.99. The molecule has 0 aromatic carbocycles. The number of amides is 1. The van der Waals surface area contributed by atoms with Crippen LogP contribution in [0.5, 0.6) is 0 Å². The molecule has 1 aliphatic carbocycles. The van der Waals surface area contributed by atoms with E-state index in [0.717, 1.165) is 60.3 Å². The van der Waals surface area contributed by atoms with Gasteiger partial charge < -0.3 is 10.2 Å². The minimum atomic E-state index is 0.244. The van der Waals surface area contributed by atoms with Crippen molar-refractivity contribution < 1.29 is 4.79 Å². The minimum absolute atomic E-state index is 0.244. The maximum Gasteiger partial charge on any atom is 0.225 e. The van der Waals surface area contributed by atoms with E-state index in [-0.39, 0.29) is 11.8 Å². The van der Waals surface area contributed by atoms with Gasteiger partial charge in [0.25, 0.3) is 0 Å². The molecule has 6 nitrogen and oxygen atoms in total. The van der Waals surface area contributed by atoms with Gasteiger partial charge in [0.2, 0.25) is 5.91 Å². The second-order valence-electron chi connectivity index (χ2n) is 7.69. The Morgan fingerprint density at radius 1 is 1.15 bits per heavy atom. The number of thiazole rings is 1. The van der Waals surface area contributed by atoms with E-state index in [0.29, 0.717) is 5.91 Å². The molecule has 2 aromatic rings. The molecule has 144 valence electrons. The monoisotopic (exact) mass is 385 g/mol. The lowest BCUT2D eigenvalue weighted by Crippen LogP contribution is -2.43. The molecule has 27 heavy (non-hydrogen) atoms. The van der Waals surface area contributed by atoms with Gasteiger partial charge in [0.1, 0.15) is 12.1 Å². The molecule has 0 radical (unpaired) electrons. The molecule has 1 saturated heterocycles. The number of piperidine rings is 1. The number of nitrogens with one attached hydrogen (secondary N) is 1. The average Bonchev–Trinajstić information content (AvgIpc) is 3.13. The van der Waals surface area contributed by atoms with Crippen LogP contribution in [0.2, 0.25) is 0 Å². The molecule has 1 amide bonds. The van der Waals surface area contributed by atoms with E-state index in [1.54, 1.807) is 17.7 Å². The predicted octanol–water partition coefficient (Wildman–Crippen LogP) is 4.27. The molecule has 0 unspecified atom stereocenters. The van der Waals surface area contributed by atoms with Crippen LogP contribution in [0.15, 0.2) is 18.6 Å². The lowest BCUT2D eigenvalue weighted by Gasteiger charge is -2.35. The van der Waals surface area contributed by atoms with Crippen LogP contribution < -0.4 is 5.32 Å². The summed E-state index contributed by atoms with van der Waals surface area (Å²) in [6.45, 7) is 3.71. The Morgan fingerprint density at radius 2 is 2.00 bits per heavy atom. The zero-order chi connectivity index (χ0) is 18.6. The summed E-state index contributed by atoms with van der Waals surface area (Å²) in [5.41, 5.74) is 1.02. The third kappa shape index (κ3) is 4.46. The van der Waals surface area contributed by atoms with Crippen LogP contribution in [0.4, 0.5) is 10.9 Å². The van der Waals surface area contributed by atoms with Gasteiger partial charge in [-0.25, -0.2) is 15.0 Å². The third-order valence-corrected chi connectivity index (χ3v) is 6.48. The number of hydrogen-bond donors (Lipinski definition) is 1. The van der Waals surface area contributed by atoms with Gasteiger partial charge in [0.15, 0.2) is 5.13 Å². The van der Waals surface area contributed by atoms with Crippen molar-refractivity contribution in [3.8, 4) is 0 Å². The number of aryl methyl sites for hydroxylation is 1. The SMILES string of the molecule is Cc1cnc(Nc2cc([C@@H]3CCCN(C(=O)C4CCCCC4)C3)ncn2)s1. The summed E-state index contributed by atoms with van der Waals surface area (Å²) in [4.78, 5) is 29.3. The van der Waals surface area contributed by atoms with Gasteiger partial charge in [-0.2, -0.15) is 0 Å². The number of carbonyl (C=O) groups is 1. The van der Waals surface area contributed by atoms with Gasteiger partial charge in [0.05, 0.1) is 5.69 Å². The molecular weight excluding hydrogens is 358 g/mol. The molecule has 0 spiro atoms. The molecule has 1 atom stereocenters. The second kappa shape index (κ2) is 8.33. The van der Waals surface area contributed by atoms with Crippen LogP contribution in [-0.4, -0.2) is 38.8 Å². The second-order valence-corrected chi connectivity index (χ2v) is 8.92. The van der Waals surface area contributed by atoms with Gasteiger partial charge in [-0.05, 0) is 32.6 Å². The van der Waals surface area contributed by atoms with Gasteiger partial charge in [0, 0.05) is 42.1 Å². The van der Waals surface area contributed by atoms with Gasteiger partial charge in [-0.15, -0.1) is 11.3 Å². The fourth-order valence-electron chi connectivity index (χ4n) is 4.21. The van der Waals surface area contributed by atoms with E-state index >= 15 is 0 Å². The van der Waals surface area contributed by atoms with Gasteiger partial charge in [-0.1, -0.05) is 19.3 Å². The number of carbonyl (C=O) groups excluding carboxylic acids is 1. The van der Waals surface area contributed by atoms with Crippen molar-refractivity contribution in [2.45, 2.75) is 57.8 Å². The predicted molar refractivity (Wildman–Crippen MR) is 107 cm³/mol. The highest BCUT2D eigenvalue weighted by Gasteiger charge is 2.30. The fourth-order valence-corrected chi connectivity index (χ4v) is 4.88. The average molecular weight is 386 g/mol. The highest BCUT2D eigenvalue weighted by atomic mass is 32.1. The molecular formula is C20H27N5OS. The lowest BCUT2D eigenvalue weighted by atomic mass is 9.87. The third-order valence-electron chi connectivity index (χ3n) is 5.65. The Labute approximate surface area is 164 Å². The largest absolute Gasteiger partial charge is 0.342 e. The molecule has 1 aliphatic heterocycles. The Hall–Kier alpha value is -2.02. The summed E-state index contributed by atoms with van der Waals surface area (Å²) in [6.07, 6.45) is 11.4. The normalized spacial score (nSPS) is 21.2. The first-order chi connectivity index (χ1) is 13.2. The van der Waals surface area contributed by atoms with Crippen molar-refractivity contribution in [3.63, 3.8) is 0 Å².